The zero-order valence-corrected chi connectivity index (χ0v) is 11.4. The molecule has 1 fully saturated rings. The number of hydrogen-bond acceptors (Lipinski definition) is 2. The van der Waals surface area contributed by atoms with Gasteiger partial charge in [-0.2, -0.15) is 0 Å². The smallest absolute Gasteiger partial charge is 0.119 e. The van der Waals surface area contributed by atoms with Crippen LogP contribution in [0, 0.1) is 0 Å². The summed E-state index contributed by atoms with van der Waals surface area (Å²) in [5.41, 5.74) is 9.10. The standard InChI is InChI=1S/C16H16ClNO/c17-13-3-8-16(12(9-13)10-18)11-1-4-14(5-2-11)19-15-6-7-15/h1-5,8-9,15H,6-7,10,18H2. The molecule has 1 aliphatic rings. The Morgan fingerprint density at radius 3 is 2.47 bits per heavy atom. The first-order chi connectivity index (χ1) is 9.26. The maximum absolute atomic E-state index is 6.00. The fraction of sp³-hybridized carbons (Fsp3) is 0.250. The molecule has 0 radical (unpaired) electrons. The van der Waals surface area contributed by atoms with E-state index in [9.17, 15) is 0 Å². The van der Waals surface area contributed by atoms with Crippen molar-refractivity contribution in [3.63, 3.8) is 0 Å². The number of nitrogens with two attached hydrogens (primary N) is 1. The highest BCUT2D eigenvalue weighted by Gasteiger charge is 2.23. The van der Waals surface area contributed by atoms with Gasteiger partial charge in [-0.15, -0.1) is 0 Å². The summed E-state index contributed by atoms with van der Waals surface area (Å²) in [4.78, 5) is 0. The molecule has 2 nitrogen and oxygen atoms in total. The lowest BCUT2D eigenvalue weighted by atomic mass is 10.00. The summed E-state index contributed by atoms with van der Waals surface area (Å²) >= 11 is 6.00. The summed E-state index contributed by atoms with van der Waals surface area (Å²) in [5.74, 6) is 0.939. The van der Waals surface area contributed by atoms with E-state index in [1.807, 2.05) is 30.3 Å². The van der Waals surface area contributed by atoms with E-state index in [1.54, 1.807) is 0 Å². The minimum Gasteiger partial charge on any atom is -0.490 e. The highest BCUT2D eigenvalue weighted by Crippen LogP contribution is 2.30. The van der Waals surface area contributed by atoms with Crippen molar-refractivity contribution in [3.05, 3.63) is 53.1 Å². The van der Waals surface area contributed by atoms with Crippen LogP contribution in [0.5, 0.6) is 5.75 Å². The van der Waals surface area contributed by atoms with Crippen LogP contribution in [0.4, 0.5) is 0 Å². The molecule has 0 aromatic heterocycles. The average Bonchev–Trinajstić information content (AvgIpc) is 3.24. The summed E-state index contributed by atoms with van der Waals surface area (Å²) in [6.07, 6.45) is 2.79. The predicted octanol–water partition coefficient (Wildman–Crippen LogP) is 4.01. The molecule has 3 rings (SSSR count). The summed E-state index contributed by atoms with van der Waals surface area (Å²) in [7, 11) is 0. The lowest BCUT2D eigenvalue weighted by Crippen LogP contribution is -1.99. The van der Waals surface area contributed by atoms with Crippen LogP contribution in [0.2, 0.25) is 5.02 Å². The van der Waals surface area contributed by atoms with E-state index in [-0.39, 0.29) is 0 Å². The van der Waals surface area contributed by atoms with Gasteiger partial charge < -0.3 is 10.5 Å². The minimum atomic E-state index is 0.431. The Kier molecular flexibility index (Phi) is 3.45. The van der Waals surface area contributed by atoms with Gasteiger partial charge in [0.15, 0.2) is 0 Å². The molecule has 1 saturated carbocycles. The van der Waals surface area contributed by atoms with E-state index < -0.39 is 0 Å². The highest BCUT2D eigenvalue weighted by molar-refractivity contribution is 6.30. The van der Waals surface area contributed by atoms with Gasteiger partial charge >= 0.3 is 0 Å². The van der Waals surface area contributed by atoms with Gasteiger partial charge in [-0.05, 0) is 53.8 Å². The Morgan fingerprint density at radius 1 is 1.11 bits per heavy atom. The second-order valence-corrected chi connectivity index (χ2v) is 5.28. The van der Waals surface area contributed by atoms with Crippen molar-refractivity contribution < 1.29 is 4.74 Å². The molecule has 3 heteroatoms. The summed E-state index contributed by atoms with van der Waals surface area (Å²) in [6, 6.07) is 14.0. The summed E-state index contributed by atoms with van der Waals surface area (Å²) < 4.78 is 5.75. The van der Waals surface area contributed by atoms with Crippen LogP contribution in [0.15, 0.2) is 42.5 Å². The van der Waals surface area contributed by atoms with E-state index in [0.717, 1.165) is 27.5 Å². The third-order valence-electron chi connectivity index (χ3n) is 3.28. The van der Waals surface area contributed by atoms with Crippen LogP contribution in [0.3, 0.4) is 0 Å². The molecule has 2 aromatic rings. The normalized spacial score (nSPS) is 14.4. The van der Waals surface area contributed by atoms with Gasteiger partial charge in [0.2, 0.25) is 0 Å². The summed E-state index contributed by atoms with van der Waals surface area (Å²) in [6.45, 7) is 0.482. The number of benzene rings is 2. The zero-order chi connectivity index (χ0) is 13.2. The molecule has 0 saturated heterocycles. The van der Waals surface area contributed by atoms with Gasteiger partial charge in [0.05, 0.1) is 6.10 Å². The Morgan fingerprint density at radius 2 is 1.84 bits per heavy atom. The maximum atomic E-state index is 6.00. The molecule has 2 N–H and O–H groups in total. The van der Waals surface area contributed by atoms with Crippen LogP contribution in [-0.2, 0) is 6.54 Å². The molecule has 19 heavy (non-hydrogen) atoms. The molecule has 0 unspecified atom stereocenters. The quantitative estimate of drug-likeness (QED) is 0.914. The van der Waals surface area contributed by atoms with Gasteiger partial charge in [0.1, 0.15) is 5.75 Å². The fourth-order valence-corrected chi connectivity index (χ4v) is 2.30. The molecule has 0 heterocycles. The van der Waals surface area contributed by atoms with Gasteiger partial charge in [0, 0.05) is 11.6 Å². The Hall–Kier alpha value is -1.51. The second-order valence-electron chi connectivity index (χ2n) is 4.85. The molecule has 0 spiro atoms. The monoisotopic (exact) mass is 273 g/mol. The average molecular weight is 274 g/mol. The van der Waals surface area contributed by atoms with Gasteiger partial charge in [0.25, 0.3) is 0 Å². The molecule has 2 aromatic carbocycles. The van der Waals surface area contributed by atoms with Crippen molar-refractivity contribution in [3.8, 4) is 16.9 Å². The third-order valence-corrected chi connectivity index (χ3v) is 3.51. The Labute approximate surface area is 118 Å². The van der Waals surface area contributed by atoms with Crippen molar-refractivity contribution >= 4 is 11.6 Å². The minimum absolute atomic E-state index is 0.431. The molecule has 0 bridgehead atoms. The fourth-order valence-electron chi connectivity index (χ4n) is 2.10. The Balaban J connectivity index is 1.88. The zero-order valence-electron chi connectivity index (χ0n) is 10.6. The van der Waals surface area contributed by atoms with Crippen molar-refractivity contribution in [2.75, 3.05) is 0 Å². The van der Waals surface area contributed by atoms with Crippen molar-refractivity contribution in [1.82, 2.24) is 0 Å². The van der Waals surface area contributed by atoms with E-state index in [2.05, 4.69) is 12.1 Å². The van der Waals surface area contributed by atoms with Gasteiger partial charge in [-0.25, -0.2) is 0 Å². The lowest BCUT2D eigenvalue weighted by molar-refractivity contribution is 0.303. The SMILES string of the molecule is NCc1cc(Cl)ccc1-c1ccc(OC2CC2)cc1. The first-order valence-electron chi connectivity index (χ1n) is 6.52. The van der Waals surface area contributed by atoms with Crippen LogP contribution in [0.1, 0.15) is 18.4 Å². The van der Waals surface area contributed by atoms with Gasteiger partial charge in [-0.3, -0.25) is 0 Å². The van der Waals surface area contributed by atoms with Crippen molar-refractivity contribution in [2.45, 2.75) is 25.5 Å². The molecule has 0 amide bonds. The van der Waals surface area contributed by atoms with Crippen LogP contribution < -0.4 is 10.5 Å². The maximum Gasteiger partial charge on any atom is 0.119 e. The van der Waals surface area contributed by atoms with E-state index in [1.165, 1.54) is 12.8 Å². The predicted molar refractivity (Wildman–Crippen MR) is 78.4 cm³/mol. The molecule has 0 aliphatic heterocycles. The first-order valence-corrected chi connectivity index (χ1v) is 6.89. The topological polar surface area (TPSA) is 35.2 Å². The molecule has 98 valence electrons. The highest BCUT2D eigenvalue weighted by atomic mass is 35.5. The third kappa shape index (κ3) is 2.91. The second kappa shape index (κ2) is 5.24. The van der Waals surface area contributed by atoms with Crippen LogP contribution in [-0.4, -0.2) is 6.10 Å². The van der Waals surface area contributed by atoms with Gasteiger partial charge in [-0.1, -0.05) is 29.8 Å². The van der Waals surface area contributed by atoms with E-state index in [0.29, 0.717) is 12.6 Å². The number of halogens is 1. The number of hydrogen-bond donors (Lipinski definition) is 1. The van der Waals surface area contributed by atoms with Crippen LogP contribution >= 0.6 is 11.6 Å². The molecule has 1 aliphatic carbocycles. The molecular formula is C16H16ClNO. The van der Waals surface area contributed by atoms with E-state index in [4.69, 9.17) is 22.1 Å². The molecule has 0 atom stereocenters. The largest absolute Gasteiger partial charge is 0.490 e. The number of rotatable bonds is 4. The summed E-state index contributed by atoms with van der Waals surface area (Å²) in [5, 5.41) is 0.720. The molecular weight excluding hydrogens is 258 g/mol. The number of ether oxygens (including phenoxy) is 1. The van der Waals surface area contributed by atoms with Crippen molar-refractivity contribution in [2.24, 2.45) is 5.73 Å². The Bertz CT molecular complexity index is 576. The van der Waals surface area contributed by atoms with E-state index >= 15 is 0 Å². The lowest BCUT2D eigenvalue weighted by Gasteiger charge is -2.10. The van der Waals surface area contributed by atoms with Crippen molar-refractivity contribution in [1.29, 1.82) is 0 Å². The van der Waals surface area contributed by atoms with Crippen LogP contribution in [0.25, 0.3) is 11.1 Å². The first kappa shape index (κ1) is 12.5.